The summed E-state index contributed by atoms with van der Waals surface area (Å²) in [5.41, 5.74) is 10.6. The van der Waals surface area contributed by atoms with E-state index < -0.39 is 0 Å². The van der Waals surface area contributed by atoms with E-state index in [1.54, 1.807) is 11.1 Å². The minimum atomic E-state index is 0.365. The highest BCUT2D eigenvalue weighted by Crippen LogP contribution is 2.38. The van der Waals surface area contributed by atoms with Crippen molar-refractivity contribution in [1.29, 1.82) is 0 Å². The average molecular weight is 230 g/mol. The summed E-state index contributed by atoms with van der Waals surface area (Å²) in [5, 5.41) is 0. The SMILES string of the molecule is Cc1ccc2c(c1)C(N1CC(C)C(N)C1)CC2. The van der Waals surface area contributed by atoms with E-state index in [4.69, 9.17) is 5.73 Å². The lowest BCUT2D eigenvalue weighted by molar-refractivity contribution is 0.236. The molecule has 1 fully saturated rings. The Morgan fingerprint density at radius 3 is 2.82 bits per heavy atom. The second-order valence-corrected chi connectivity index (χ2v) is 5.85. The van der Waals surface area contributed by atoms with E-state index in [0.717, 1.165) is 6.54 Å². The van der Waals surface area contributed by atoms with E-state index in [-0.39, 0.29) is 0 Å². The van der Waals surface area contributed by atoms with Crippen LogP contribution in [0.3, 0.4) is 0 Å². The average Bonchev–Trinajstić information content (AvgIpc) is 2.83. The molecule has 2 heteroatoms. The van der Waals surface area contributed by atoms with E-state index in [0.29, 0.717) is 18.0 Å². The van der Waals surface area contributed by atoms with Crippen LogP contribution in [0.4, 0.5) is 0 Å². The largest absolute Gasteiger partial charge is 0.326 e. The standard InChI is InChI=1S/C15H22N2/c1-10-3-4-12-5-6-15(13(12)7-10)17-8-11(2)14(16)9-17/h3-4,7,11,14-15H,5-6,8-9,16H2,1-2H3. The molecule has 0 radical (unpaired) electrons. The first kappa shape index (κ1) is 11.2. The van der Waals surface area contributed by atoms with Crippen molar-refractivity contribution in [2.45, 2.75) is 38.8 Å². The molecule has 2 nitrogen and oxygen atoms in total. The number of rotatable bonds is 1. The van der Waals surface area contributed by atoms with Crippen LogP contribution < -0.4 is 5.73 Å². The van der Waals surface area contributed by atoms with Gasteiger partial charge in [0, 0.05) is 25.2 Å². The van der Waals surface area contributed by atoms with E-state index in [1.807, 2.05) is 0 Å². The van der Waals surface area contributed by atoms with E-state index >= 15 is 0 Å². The number of nitrogens with zero attached hydrogens (tertiary/aromatic N) is 1. The van der Waals surface area contributed by atoms with Crippen LogP contribution in [0.1, 0.15) is 36.1 Å². The highest BCUT2D eigenvalue weighted by molar-refractivity contribution is 5.37. The molecule has 1 aliphatic heterocycles. The summed E-state index contributed by atoms with van der Waals surface area (Å²) < 4.78 is 0. The first-order valence-corrected chi connectivity index (χ1v) is 6.74. The predicted molar refractivity (Wildman–Crippen MR) is 71.0 cm³/mol. The van der Waals surface area contributed by atoms with Gasteiger partial charge < -0.3 is 5.73 Å². The molecule has 0 aromatic heterocycles. The van der Waals surface area contributed by atoms with Crippen LogP contribution in [0.5, 0.6) is 0 Å². The molecule has 1 aromatic rings. The highest BCUT2D eigenvalue weighted by atomic mass is 15.2. The Balaban J connectivity index is 1.86. The van der Waals surface area contributed by atoms with Gasteiger partial charge in [0.15, 0.2) is 0 Å². The first-order chi connectivity index (χ1) is 8.15. The zero-order chi connectivity index (χ0) is 12.0. The number of likely N-dealkylation sites (tertiary alicyclic amines) is 1. The smallest absolute Gasteiger partial charge is 0.0354 e. The van der Waals surface area contributed by atoms with Gasteiger partial charge in [0.2, 0.25) is 0 Å². The number of fused-ring (bicyclic) bond motifs is 1. The number of aryl methyl sites for hydroxylation is 2. The maximum atomic E-state index is 6.14. The molecule has 1 saturated heterocycles. The maximum Gasteiger partial charge on any atom is 0.0354 e. The molecule has 0 spiro atoms. The van der Waals surface area contributed by atoms with E-state index in [2.05, 4.69) is 36.9 Å². The lowest BCUT2D eigenvalue weighted by atomic mass is 10.0. The fourth-order valence-electron chi connectivity index (χ4n) is 3.36. The van der Waals surface area contributed by atoms with Crippen LogP contribution in [0.25, 0.3) is 0 Å². The zero-order valence-corrected chi connectivity index (χ0v) is 10.8. The molecule has 2 N–H and O–H groups in total. The third-order valence-electron chi connectivity index (χ3n) is 4.49. The van der Waals surface area contributed by atoms with Crippen molar-refractivity contribution < 1.29 is 0 Å². The Hall–Kier alpha value is -0.860. The lowest BCUT2D eigenvalue weighted by Gasteiger charge is -2.24. The van der Waals surface area contributed by atoms with Gasteiger partial charge >= 0.3 is 0 Å². The summed E-state index contributed by atoms with van der Waals surface area (Å²) in [6.45, 7) is 6.70. The van der Waals surface area contributed by atoms with Crippen LogP contribution in [0.2, 0.25) is 0 Å². The van der Waals surface area contributed by atoms with Crippen LogP contribution in [0, 0.1) is 12.8 Å². The number of benzene rings is 1. The summed E-state index contributed by atoms with van der Waals surface area (Å²) >= 11 is 0. The molecular formula is C15H22N2. The van der Waals surface area contributed by atoms with Gasteiger partial charge in [-0.2, -0.15) is 0 Å². The number of hydrogen-bond donors (Lipinski definition) is 1. The van der Waals surface area contributed by atoms with Gasteiger partial charge in [0.05, 0.1) is 0 Å². The summed E-state index contributed by atoms with van der Waals surface area (Å²) in [6.07, 6.45) is 2.51. The fourth-order valence-corrected chi connectivity index (χ4v) is 3.36. The first-order valence-electron chi connectivity index (χ1n) is 6.74. The van der Waals surface area contributed by atoms with Crippen molar-refractivity contribution in [2.24, 2.45) is 11.7 Å². The van der Waals surface area contributed by atoms with Crippen LogP contribution >= 0.6 is 0 Å². The Morgan fingerprint density at radius 2 is 2.12 bits per heavy atom. The van der Waals surface area contributed by atoms with Crippen molar-refractivity contribution in [3.63, 3.8) is 0 Å². The van der Waals surface area contributed by atoms with Gasteiger partial charge in [-0.25, -0.2) is 0 Å². The van der Waals surface area contributed by atoms with Gasteiger partial charge in [-0.3, -0.25) is 4.90 Å². The molecular weight excluding hydrogens is 208 g/mol. The molecule has 3 atom stereocenters. The summed E-state index contributed by atoms with van der Waals surface area (Å²) in [7, 11) is 0. The molecule has 1 aliphatic carbocycles. The van der Waals surface area contributed by atoms with Crippen molar-refractivity contribution in [2.75, 3.05) is 13.1 Å². The van der Waals surface area contributed by atoms with Crippen LogP contribution in [0.15, 0.2) is 18.2 Å². The fraction of sp³-hybridized carbons (Fsp3) is 0.600. The van der Waals surface area contributed by atoms with Crippen molar-refractivity contribution >= 4 is 0 Å². The molecule has 17 heavy (non-hydrogen) atoms. The summed E-state index contributed by atoms with van der Waals surface area (Å²) in [6, 6.07) is 7.91. The molecule has 0 saturated carbocycles. The molecule has 92 valence electrons. The molecule has 2 aliphatic rings. The van der Waals surface area contributed by atoms with Crippen molar-refractivity contribution in [3.8, 4) is 0 Å². The predicted octanol–water partition coefficient (Wildman–Crippen LogP) is 2.26. The quantitative estimate of drug-likeness (QED) is 0.802. The molecule has 3 unspecified atom stereocenters. The van der Waals surface area contributed by atoms with Gasteiger partial charge in [-0.15, -0.1) is 0 Å². The zero-order valence-electron chi connectivity index (χ0n) is 10.8. The second kappa shape index (κ2) is 4.11. The third kappa shape index (κ3) is 1.90. The topological polar surface area (TPSA) is 29.3 Å². The Bertz CT molecular complexity index is 417. The normalized spacial score (nSPS) is 33.0. The highest BCUT2D eigenvalue weighted by Gasteiger charge is 2.35. The maximum absolute atomic E-state index is 6.14. The monoisotopic (exact) mass is 230 g/mol. The molecule has 0 bridgehead atoms. The Kier molecular flexibility index (Phi) is 2.72. The van der Waals surface area contributed by atoms with Gasteiger partial charge in [-0.1, -0.05) is 30.7 Å². The molecule has 1 aromatic carbocycles. The third-order valence-corrected chi connectivity index (χ3v) is 4.49. The minimum Gasteiger partial charge on any atom is -0.326 e. The van der Waals surface area contributed by atoms with Gasteiger partial charge in [0.1, 0.15) is 0 Å². The van der Waals surface area contributed by atoms with E-state index in [1.165, 1.54) is 24.9 Å². The van der Waals surface area contributed by atoms with Gasteiger partial charge in [0.25, 0.3) is 0 Å². The van der Waals surface area contributed by atoms with Crippen LogP contribution in [-0.2, 0) is 6.42 Å². The molecule has 1 heterocycles. The molecule has 0 amide bonds. The Labute approximate surface area is 104 Å². The second-order valence-electron chi connectivity index (χ2n) is 5.85. The van der Waals surface area contributed by atoms with Crippen molar-refractivity contribution in [1.82, 2.24) is 4.90 Å². The van der Waals surface area contributed by atoms with Crippen LogP contribution in [-0.4, -0.2) is 24.0 Å². The van der Waals surface area contributed by atoms with Gasteiger partial charge in [-0.05, 0) is 36.8 Å². The van der Waals surface area contributed by atoms with E-state index in [9.17, 15) is 0 Å². The minimum absolute atomic E-state index is 0.365. The summed E-state index contributed by atoms with van der Waals surface area (Å²) in [4.78, 5) is 2.60. The van der Waals surface area contributed by atoms with Crippen molar-refractivity contribution in [3.05, 3.63) is 34.9 Å². The lowest BCUT2D eigenvalue weighted by Crippen LogP contribution is -2.30. The number of nitrogens with two attached hydrogens (primary N) is 1. The summed E-state index contributed by atoms with van der Waals surface area (Å²) in [5.74, 6) is 0.642. The number of hydrogen-bond acceptors (Lipinski definition) is 2. The Morgan fingerprint density at radius 1 is 1.29 bits per heavy atom. The molecule has 3 rings (SSSR count).